The van der Waals surface area contributed by atoms with Crippen molar-refractivity contribution in [3.63, 3.8) is 0 Å². The molecule has 1 aromatic rings. The van der Waals surface area contributed by atoms with Gasteiger partial charge in [0.1, 0.15) is 6.61 Å². The summed E-state index contributed by atoms with van der Waals surface area (Å²) in [5, 5.41) is 0. The lowest BCUT2D eigenvalue weighted by molar-refractivity contribution is -0.138. The Hall–Kier alpha value is -1.97. The largest absolute Gasteiger partial charge is 0.593 e. The van der Waals surface area contributed by atoms with Gasteiger partial charge >= 0.3 is 6.09 Å². The van der Waals surface area contributed by atoms with Gasteiger partial charge in [0, 0.05) is 25.7 Å². The minimum atomic E-state index is -3.60. The number of rotatable bonds is 4. The van der Waals surface area contributed by atoms with Crippen molar-refractivity contribution in [3.8, 4) is 0 Å². The predicted molar refractivity (Wildman–Crippen MR) is 110 cm³/mol. The first-order chi connectivity index (χ1) is 14.4. The SMILES string of the molecule is Cc1ccc([S+](=O)([O-])N2CCCC(C(=O)N3CCC(N4CCOC4=O)CC3)C2)cc1. The lowest BCUT2D eigenvalue weighted by Crippen LogP contribution is -2.52. The van der Waals surface area contributed by atoms with Crippen LogP contribution >= 0.6 is 0 Å². The number of benzene rings is 1. The molecule has 0 N–H and O–H groups in total. The number of carbonyl (C=O) groups is 2. The summed E-state index contributed by atoms with van der Waals surface area (Å²) >= 11 is 0. The molecule has 0 saturated carbocycles. The monoisotopic (exact) mass is 435 g/mol. The van der Waals surface area contributed by atoms with Crippen molar-refractivity contribution in [2.24, 2.45) is 5.92 Å². The molecule has 2 unspecified atom stereocenters. The van der Waals surface area contributed by atoms with Crippen LogP contribution in [0.4, 0.5) is 4.79 Å². The Morgan fingerprint density at radius 2 is 1.80 bits per heavy atom. The zero-order chi connectivity index (χ0) is 21.3. The smallest absolute Gasteiger partial charge is 0.410 e. The summed E-state index contributed by atoms with van der Waals surface area (Å²) in [7, 11) is -3.60. The second kappa shape index (κ2) is 8.64. The number of hydrogen-bond acceptors (Lipinski definition) is 5. The number of cyclic esters (lactones) is 1. The number of sulfonamides is 1. The molecule has 0 aliphatic carbocycles. The van der Waals surface area contributed by atoms with Gasteiger partial charge in [-0.2, -0.15) is 0 Å². The van der Waals surface area contributed by atoms with Gasteiger partial charge in [-0.1, -0.05) is 21.9 Å². The molecule has 0 bridgehead atoms. The lowest BCUT2D eigenvalue weighted by atomic mass is 9.96. The Balaban J connectivity index is 1.36. The molecular formula is C21H29N3O5S. The van der Waals surface area contributed by atoms with E-state index in [-0.39, 0.29) is 35.4 Å². The number of carbonyl (C=O) groups excluding carboxylic acids is 2. The molecule has 0 aromatic heterocycles. The van der Waals surface area contributed by atoms with E-state index in [4.69, 9.17) is 4.74 Å². The van der Waals surface area contributed by atoms with Crippen LogP contribution in [0.1, 0.15) is 31.2 Å². The van der Waals surface area contributed by atoms with Crippen molar-refractivity contribution in [2.45, 2.75) is 43.5 Å². The first kappa shape index (κ1) is 21.3. The highest BCUT2D eigenvalue weighted by atomic mass is 32.3. The van der Waals surface area contributed by atoms with Crippen LogP contribution in [0.2, 0.25) is 0 Å². The van der Waals surface area contributed by atoms with Crippen LogP contribution in [-0.2, 0) is 24.1 Å². The van der Waals surface area contributed by atoms with E-state index in [9.17, 15) is 18.4 Å². The fourth-order valence-electron chi connectivity index (χ4n) is 4.61. The van der Waals surface area contributed by atoms with Crippen LogP contribution in [0.3, 0.4) is 0 Å². The van der Waals surface area contributed by atoms with E-state index in [2.05, 4.69) is 0 Å². The molecule has 9 heteroatoms. The summed E-state index contributed by atoms with van der Waals surface area (Å²) < 4.78 is 32.5. The number of likely N-dealkylation sites (tertiary alicyclic amines) is 1. The first-order valence-electron chi connectivity index (χ1n) is 10.7. The topological polar surface area (TPSA) is 93.2 Å². The Bertz CT molecular complexity index is 838. The highest BCUT2D eigenvalue weighted by molar-refractivity contribution is 7.95. The van der Waals surface area contributed by atoms with Gasteiger partial charge in [-0.05, 0) is 44.7 Å². The van der Waals surface area contributed by atoms with Gasteiger partial charge in [0.05, 0.1) is 19.0 Å². The van der Waals surface area contributed by atoms with Crippen LogP contribution in [0.15, 0.2) is 29.2 Å². The van der Waals surface area contributed by atoms with Gasteiger partial charge in [-0.25, -0.2) is 4.79 Å². The average molecular weight is 436 g/mol. The third-order valence-corrected chi connectivity index (χ3v) is 8.28. The van der Waals surface area contributed by atoms with Crippen molar-refractivity contribution >= 4 is 22.4 Å². The molecule has 4 rings (SSSR count). The molecule has 30 heavy (non-hydrogen) atoms. The first-order valence-corrected chi connectivity index (χ1v) is 12.1. The molecule has 3 saturated heterocycles. The molecule has 0 spiro atoms. The fraction of sp³-hybridized carbons (Fsp3) is 0.619. The highest BCUT2D eigenvalue weighted by Gasteiger charge is 2.40. The maximum absolute atomic E-state index is 13.1. The molecule has 1 aromatic carbocycles. The van der Waals surface area contributed by atoms with Gasteiger partial charge in [0.2, 0.25) is 5.91 Å². The van der Waals surface area contributed by atoms with Gasteiger partial charge in [0.15, 0.2) is 15.3 Å². The van der Waals surface area contributed by atoms with Crippen LogP contribution in [-0.4, -0.2) is 76.0 Å². The maximum Gasteiger partial charge on any atom is 0.410 e. The molecule has 2 amide bonds. The summed E-state index contributed by atoms with van der Waals surface area (Å²) in [5.41, 5.74) is 1.01. The second-order valence-electron chi connectivity index (χ2n) is 8.38. The van der Waals surface area contributed by atoms with Gasteiger partial charge in [-0.3, -0.25) is 4.79 Å². The normalized spacial score (nSPS) is 25.8. The van der Waals surface area contributed by atoms with Crippen molar-refractivity contribution in [1.29, 1.82) is 0 Å². The van der Waals surface area contributed by atoms with Crippen LogP contribution in [0, 0.1) is 12.8 Å². The quantitative estimate of drug-likeness (QED) is 0.675. The molecule has 8 nitrogen and oxygen atoms in total. The van der Waals surface area contributed by atoms with Crippen molar-refractivity contribution < 1.29 is 23.1 Å². The van der Waals surface area contributed by atoms with Gasteiger partial charge in [0.25, 0.3) is 0 Å². The van der Waals surface area contributed by atoms with E-state index in [0.29, 0.717) is 45.6 Å². The number of piperidine rings is 2. The van der Waals surface area contributed by atoms with E-state index in [1.54, 1.807) is 29.2 Å². The number of amides is 2. The van der Waals surface area contributed by atoms with Gasteiger partial charge < -0.3 is 19.1 Å². The number of hydrogen-bond donors (Lipinski definition) is 0. The Labute approximate surface area is 178 Å². The zero-order valence-corrected chi connectivity index (χ0v) is 18.1. The van der Waals surface area contributed by atoms with E-state index >= 15 is 0 Å². The Morgan fingerprint density at radius 1 is 1.10 bits per heavy atom. The molecule has 3 aliphatic rings. The van der Waals surface area contributed by atoms with Crippen LogP contribution in [0.5, 0.6) is 0 Å². The van der Waals surface area contributed by atoms with E-state index in [0.717, 1.165) is 18.4 Å². The molecule has 2 atom stereocenters. The molecule has 3 aliphatic heterocycles. The second-order valence-corrected chi connectivity index (χ2v) is 10.3. The summed E-state index contributed by atoms with van der Waals surface area (Å²) in [4.78, 5) is 28.7. The van der Waals surface area contributed by atoms with Crippen molar-refractivity contribution in [2.75, 3.05) is 39.3 Å². The summed E-state index contributed by atoms with van der Waals surface area (Å²) in [6, 6.07) is 6.96. The summed E-state index contributed by atoms with van der Waals surface area (Å²) in [6.07, 6.45) is 2.59. The van der Waals surface area contributed by atoms with E-state index in [1.165, 1.54) is 4.31 Å². The molecule has 0 radical (unpaired) electrons. The Morgan fingerprint density at radius 3 is 2.43 bits per heavy atom. The maximum atomic E-state index is 13.1. The highest BCUT2D eigenvalue weighted by Crippen LogP contribution is 2.29. The lowest BCUT2D eigenvalue weighted by Gasteiger charge is -2.39. The fourth-order valence-corrected chi connectivity index (χ4v) is 6.14. The predicted octanol–water partition coefficient (Wildman–Crippen LogP) is 2.05. The number of ether oxygens (including phenoxy) is 1. The average Bonchev–Trinajstić information content (AvgIpc) is 3.19. The van der Waals surface area contributed by atoms with E-state index < -0.39 is 10.4 Å². The minimum Gasteiger partial charge on any atom is -0.593 e. The van der Waals surface area contributed by atoms with E-state index in [1.807, 2.05) is 11.8 Å². The number of nitrogens with zero attached hydrogens (tertiary/aromatic N) is 3. The standard InChI is InChI=1S/C21H29N3O5S/c1-16-4-6-19(7-5-16)30(27,28)23-10-2-3-17(15-23)20(25)22-11-8-18(9-12-22)24-13-14-29-21(24)26/h4-7,17-18H,2-3,8-15H2,1H3. The van der Waals surface area contributed by atoms with Crippen molar-refractivity contribution in [3.05, 3.63) is 29.8 Å². The summed E-state index contributed by atoms with van der Waals surface area (Å²) in [5.74, 6) is -0.284. The molecular weight excluding hydrogens is 406 g/mol. The van der Waals surface area contributed by atoms with Crippen LogP contribution < -0.4 is 0 Å². The zero-order valence-electron chi connectivity index (χ0n) is 17.3. The molecule has 164 valence electrons. The van der Waals surface area contributed by atoms with Crippen molar-refractivity contribution in [1.82, 2.24) is 14.1 Å². The van der Waals surface area contributed by atoms with Gasteiger partial charge in [-0.15, -0.1) is 4.31 Å². The third kappa shape index (κ3) is 4.24. The molecule has 3 fully saturated rings. The molecule has 3 heterocycles. The number of aryl methyl sites for hydroxylation is 1. The Kier molecular flexibility index (Phi) is 6.13. The summed E-state index contributed by atoms with van der Waals surface area (Å²) in [6.45, 7) is 4.83. The third-order valence-electron chi connectivity index (χ3n) is 6.40. The minimum absolute atomic E-state index is 0.0289. The van der Waals surface area contributed by atoms with Crippen LogP contribution in [0.25, 0.3) is 0 Å².